The second-order valence-electron chi connectivity index (χ2n) is 8.48. The summed E-state index contributed by atoms with van der Waals surface area (Å²) < 4.78 is 0. The van der Waals surface area contributed by atoms with Gasteiger partial charge >= 0.3 is 6.09 Å². The van der Waals surface area contributed by atoms with E-state index in [9.17, 15) is 19.8 Å². The Morgan fingerprint density at radius 1 is 0.970 bits per heavy atom. The van der Waals surface area contributed by atoms with E-state index < -0.39 is 12.1 Å². The molecular weight excluding hydrogens is 416 g/mol. The third kappa shape index (κ3) is 4.71. The first kappa shape index (κ1) is 22.8. The van der Waals surface area contributed by atoms with Crippen LogP contribution in [0.3, 0.4) is 0 Å². The number of hydrogen-bond donors (Lipinski definition) is 2. The maximum Gasteiger partial charge on any atom is 0.407 e. The third-order valence-corrected chi connectivity index (χ3v) is 6.62. The number of aliphatic hydroxyl groups excluding tert-OH is 1. The molecule has 2 aromatic carbocycles. The average molecular weight is 447 g/mol. The Hall–Kier alpha value is -3.38. The SMILES string of the molecule is CCN(C(=O)O)[C@@H](CO)CC(=O)N1CCC(=C2c3ccccc3C=Cc3ccccc32)CC1. The van der Waals surface area contributed by atoms with Gasteiger partial charge in [0.25, 0.3) is 0 Å². The minimum absolute atomic E-state index is 0.00185. The lowest BCUT2D eigenvalue weighted by Gasteiger charge is -2.33. The number of likely N-dealkylation sites (N-methyl/N-ethyl adjacent to an activating group) is 1. The first-order chi connectivity index (χ1) is 16.0. The monoisotopic (exact) mass is 446 g/mol. The van der Waals surface area contributed by atoms with Crippen LogP contribution in [0.4, 0.5) is 4.79 Å². The number of benzene rings is 2. The zero-order valence-corrected chi connectivity index (χ0v) is 18.9. The number of fused-ring (bicyclic) bond motifs is 2. The van der Waals surface area contributed by atoms with Crippen LogP contribution in [0.2, 0.25) is 0 Å². The molecule has 0 radical (unpaired) electrons. The quantitative estimate of drug-likeness (QED) is 0.611. The van der Waals surface area contributed by atoms with Crippen molar-refractivity contribution in [2.75, 3.05) is 26.2 Å². The Balaban J connectivity index is 1.56. The molecular formula is C27H30N2O4. The predicted octanol–water partition coefficient (Wildman–Crippen LogP) is 4.35. The van der Waals surface area contributed by atoms with E-state index in [0.29, 0.717) is 13.1 Å². The number of amides is 2. The number of carbonyl (C=O) groups is 2. The van der Waals surface area contributed by atoms with Gasteiger partial charge < -0.3 is 20.0 Å². The van der Waals surface area contributed by atoms with Gasteiger partial charge in [0.05, 0.1) is 12.6 Å². The van der Waals surface area contributed by atoms with Gasteiger partial charge in [-0.1, -0.05) is 66.3 Å². The van der Waals surface area contributed by atoms with Crippen LogP contribution in [0.1, 0.15) is 48.4 Å². The van der Waals surface area contributed by atoms with Gasteiger partial charge in [0.15, 0.2) is 0 Å². The molecule has 2 aromatic rings. The van der Waals surface area contributed by atoms with Gasteiger partial charge in [0.2, 0.25) is 5.91 Å². The molecule has 2 amide bonds. The van der Waals surface area contributed by atoms with Gasteiger partial charge in [0.1, 0.15) is 0 Å². The molecule has 6 heteroatoms. The molecule has 0 unspecified atom stereocenters. The fourth-order valence-electron chi connectivity index (χ4n) is 4.88. The minimum Gasteiger partial charge on any atom is -0.465 e. The standard InChI is InChI=1S/C27H30N2O4/c1-2-29(27(32)33)22(18-30)17-25(31)28-15-13-21(14-16-28)26-23-9-5-3-7-19(23)11-12-20-8-4-6-10-24(20)26/h3-12,22,30H,2,13-18H2,1H3,(H,32,33)/t22-/m1/s1. The number of likely N-dealkylation sites (tertiary alicyclic amines) is 1. The van der Waals surface area contributed by atoms with Crippen LogP contribution in [0.25, 0.3) is 17.7 Å². The molecule has 2 aliphatic rings. The second-order valence-corrected chi connectivity index (χ2v) is 8.48. The Bertz CT molecular complexity index is 1040. The molecule has 6 nitrogen and oxygen atoms in total. The second kappa shape index (κ2) is 10.0. The normalized spacial score (nSPS) is 16.0. The van der Waals surface area contributed by atoms with Crippen molar-refractivity contribution in [3.8, 4) is 0 Å². The van der Waals surface area contributed by atoms with E-state index in [1.54, 1.807) is 11.8 Å². The van der Waals surface area contributed by atoms with Crippen LogP contribution in [-0.4, -0.2) is 64.3 Å². The molecule has 0 spiro atoms. The molecule has 1 atom stereocenters. The predicted molar refractivity (Wildman–Crippen MR) is 130 cm³/mol. The zero-order valence-electron chi connectivity index (χ0n) is 18.9. The summed E-state index contributed by atoms with van der Waals surface area (Å²) in [5.41, 5.74) is 7.40. The van der Waals surface area contributed by atoms with E-state index in [1.807, 2.05) is 0 Å². The Morgan fingerprint density at radius 2 is 1.52 bits per heavy atom. The van der Waals surface area contributed by atoms with Crippen molar-refractivity contribution in [3.63, 3.8) is 0 Å². The lowest BCUT2D eigenvalue weighted by atomic mass is 9.86. The molecule has 1 saturated heterocycles. The minimum atomic E-state index is -1.12. The summed E-state index contributed by atoms with van der Waals surface area (Å²) in [7, 11) is 0. The number of aliphatic hydroxyl groups is 1. The topological polar surface area (TPSA) is 81.1 Å². The van der Waals surface area contributed by atoms with E-state index >= 15 is 0 Å². The van der Waals surface area contributed by atoms with Crippen molar-refractivity contribution in [1.82, 2.24) is 9.80 Å². The Morgan fingerprint density at radius 3 is 2.00 bits per heavy atom. The first-order valence-corrected chi connectivity index (χ1v) is 11.5. The molecule has 1 aliphatic heterocycles. The van der Waals surface area contributed by atoms with E-state index in [4.69, 9.17) is 0 Å². The molecule has 0 bridgehead atoms. The zero-order chi connectivity index (χ0) is 23.4. The first-order valence-electron chi connectivity index (χ1n) is 11.5. The highest BCUT2D eigenvalue weighted by atomic mass is 16.4. The summed E-state index contributed by atoms with van der Waals surface area (Å²) >= 11 is 0. The van der Waals surface area contributed by atoms with E-state index in [0.717, 1.165) is 17.7 Å². The smallest absolute Gasteiger partial charge is 0.407 e. The van der Waals surface area contributed by atoms with Crippen molar-refractivity contribution < 1.29 is 19.8 Å². The number of piperidine rings is 1. The summed E-state index contributed by atoms with van der Waals surface area (Å²) in [4.78, 5) is 27.3. The van der Waals surface area contributed by atoms with Crippen LogP contribution in [0.5, 0.6) is 0 Å². The van der Waals surface area contributed by atoms with Crippen LogP contribution in [0.15, 0.2) is 54.1 Å². The van der Waals surface area contributed by atoms with Crippen molar-refractivity contribution >= 4 is 29.7 Å². The summed E-state index contributed by atoms with van der Waals surface area (Å²) in [6.45, 7) is 2.75. The number of nitrogens with zero attached hydrogens (tertiary/aromatic N) is 2. The van der Waals surface area contributed by atoms with Crippen LogP contribution in [-0.2, 0) is 4.79 Å². The largest absolute Gasteiger partial charge is 0.465 e. The van der Waals surface area contributed by atoms with E-state index in [-0.39, 0.29) is 25.5 Å². The third-order valence-electron chi connectivity index (χ3n) is 6.62. The lowest BCUT2D eigenvalue weighted by Crippen LogP contribution is -2.46. The number of rotatable bonds is 5. The van der Waals surface area contributed by atoms with E-state index in [1.165, 1.54) is 33.4 Å². The highest BCUT2D eigenvalue weighted by molar-refractivity contribution is 5.95. The van der Waals surface area contributed by atoms with Gasteiger partial charge in [-0.2, -0.15) is 0 Å². The van der Waals surface area contributed by atoms with Gasteiger partial charge in [0, 0.05) is 26.1 Å². The van der Waals surface area contributed by atoms with Crippen LogP contribution in [0, 0.1) is 0 Å². The highest BCUT2D eigenvalue weighted by Gasteiger charge is 2.28. The number of carbonyl (C=O) groups excluding carboxylic acids is 1. The molecule has 172 valence electrons. The summed E-state index contributed by atoms with van der Waals surface area (Å²) in [6.07, 6.45) is 4.75. The van der Waals surface area contributed by atoms with Gasteiger partial charge in [-0.05, 0) is 47.6 Å². The maximum absolute atomic E-state index is 12.9. The molecule has 2 N–H and O–H groups in total. The summed E-state index contributed by atoms with van der Waals surface area (Å²) in [6, 6.07) is 16.1. The van der Waals surface area contributed by atoms with Crippen molar-refractivity contribution in [1.29, 1.82) is 0 Å². The van der Waals surface area contributed by atoms with Crippen molar-refractivity contribution in [3.05, 3.63) is 76.4 Å². The lowest BCUT2D eigenvalue weighted by molar-refractivity contribution is -0.133. The molecule has 0 saturated carbocycles. The summed E-state index contributed by atoms with van der Waals surface area (Å²) in [5.74, 6) is -0.110. The Labute approximate surface area is 194 Å². The fraction of sp³-hybridized carbons (Fsp3) is 0.333. The average Bonchev–Trinajstić information content (AvgIpc) is 3.00. The molecule has 0 aromatic heterocycles. The molecule has 33 heavy (non-hydrogen) atoms. The summed E-state index contributed by atoms with van der Waals surface area (Å²) in [5, 5.41) is 19.0. The van der Waals surface area contributed by atoms with Gasteiger partial charge in [-0.15, -0.1) is 0 Å². The number of carboxylic acid groups (broad SMARTS) is 1. The van der Waals surface area contributed by atoms with Crippen LogP contribution >= 0.6 is 0 Å². The maximum atomic E-state index is 12.9. The molecule has 4 rings (SSSR count). The van der Waals surface area contributed by atoms with Crippen molar-refractivity contribution in [2.45, 2.75) is 32.2 Å². The Kier molecular flexibility index (Phi) is 6.94. The van der Waals surface area contributed by atoms with Crippen LogP contribution < -0.4 is 0 Å². The fourth-order valence-corrected chi connectivity index (χ4v) is 4.88. The van der Waals surface area contributed by atoms with E-state index in [2.05, 4.69) is 60.7 Å². The van der Waals surface area contributed by atoms with Gasteiger partial charge in [-0.25, -0.2) is 4.79 Å². The van der Waals surface area contributed by atoms with Gasteiger partial charge in [-0.3, -0.25) is 4.79 Å². The number of hydrogen-bond acceptors (Lipinski definition) is 3. The molecule has 1 aliphatic carbocycles. The highest BCUT2D eigenvalue weighted by Crippen LogP contribution is 2.38. The molecule has 1 fully saturated rings. The molecule has 1 heterocycles. The van der Waals surface area contributed by atoms with Crippen molar-refractivity contribution in [2.24, 2.45) is 0 Å².